The lowest BCUT2D eigenvalue weighted by Gasteiger charge is -2.21. The molecule has 1 N–H and O–H groups in total. The zero-order valence-corrected chi connectivity index (χ0v) is 12.5. The van der Waals surface area contributed by atoms with E-state index in [4.69, 9.17) is 9.47 Å². The zero-order valence-electron chi connectivity index (χ0n) is 11.7. The number of ether oxygens (including phenoxy) is 2. The SMILES string of the molecule is CNC(c1sccc1C)c1c(OC)cccc1OC. The van der Waals surface area contributed by atoms with Crippen LogP contribution < -0.4 is 14.8 Å². The average molecular weight is 277 g/mol. The highest BCUT2D eigenvalue weighted by Crippen LogP contribution is 2.39. The first-order chi connectivity index (χ1) is 9.22. The van der Waals surface area contributed by atoms with Crippen molar-refractivity contribution in [3.63, 3.8) is 0 Å². The monoisotopic (exact) mass is 277 g/mol. The van der Waals surface area contributed by atoms with Crippen LogP contribution in [0.25, 0.3) is 0 Å². The van der Waals surface area contributed by atoms with Crippen molar-refractivity contribution in [3.05, 3.63) is 45.6 Å². The summed E-state index contributed by atoms with van der Waals surface area (Å²) in [6.07, 6.45) is 0. The number of thiophene rings is 1. The van der Waals surface area contributed by atoms with Gasteiger partial charge in [0.1, 0.15) is 11.5 Å². The molecule has 2 rings (SSSR count). The van der Waals surface area contributed by atoms with Gasteiger partial charge in [0.2, 0.25) is 0 Å². The van der Waals surface area contributed by atoms with Crippen molar-refractivity contribution in [2.45, 2.75) is 13.0 Å². The molecule has 102 valence electrons. The molecule has 1 aromatic heterocycles. The summed E-state index contributed by atoms with van der Waals surface area (Å²) in [5, 5.41) is 5.47. The van der Waals surface area contributed by atoms with Gasteiger partial charge in [-0.3, -0.25) is 0 Å². The van der Waals surface area contributed by atoms with Crippen molar-refractivity contribution in [1.29, 1.82) is 0 Å². The average Bonchev–Trinajstić information content (AvgIpc) is 2.86. The van der Waals surface area contributed by atoms with Gasteiger partial charge in [-0.2, -0.15) is 0 Å². The minimum atomic E-state index is 0.0751. The maximum Gasteiger partial charge on any atom is 0.127 e. The van der Waals surface area contributed by atoms with Crippen molar-refractivity contribution < 1.29 is 9.47 Å². The Morgan fingerprint density at radius 1 is 1.11 bits per heavy atom. The van der Waals surface area contributed by atoms with E-state index in [2.05, 4.69) is 23.7 Å². The molecule has 0 saturated carbocycles. The molecule has 0 fully saturated rings. The summed E-state index contributed by atoms with van der Waals surface area (Å²) in [4.78, 5) is 1.28. The molecule has 3 nitrogen and oxygen atoms in total. The van der Waals surface area contributed by atoms with Gasteiger partial charge in [0.15, 0.2) is 0 Å². The summed E-state index contributed by atoms with van der Waals surface area (Å²) in [5.74, 6) is 1.68. The molecule has 19 heavy (non-hydrogen) atoms. The largest absolute Gasteiger partial charge is 0.496 e. The highest BCUT2D eigenvalue weighted by Gasteiger charge is 2.23. The predicted octanol–water partition coefficient (Wildman–Crippen LogP) is 3.38. The normalized spacial score (nSPS) is 12.2. The van der Waals surface area contributed by atoms with E-state index >= 15 is 0 Å². The van der Waals surface area contributed by atoms with Crippen molar-refractivity contribution in [3.8, 4) is 11.5 Å². The van der Waals surface area contributed by atoms with Crippen molar-refractivity contribution in [2.75, 3.05) is 21.3 Å². The number of hydrogen-bond acceptors (Lipinski definition) is 4. The van der Waals surface area contributed by atoms with Crippen LogP contribution in [0.4, 0.5) is 0 Å². The lowest BCUT2D eigenvalue weighted by Crippen LogP contribution is -2.19. The molecule has 0 aliphatic carbocycles. The van der Waals surface area contributed by atoms with Crippen LogP contribution in [0.15, 0.2) is 29.6 Å². The fraction of sp³-hybridized carbons (Fsp3) is 0.333. The van der Waals surface area contributed by atoms with Crippen LogP contribution in [-0.4, -0.2) is 21.3 Å². The van der Waals surface area contributed by atoms with Crippen LogP contribution in [0, 0.1) is 6.92 Å². The Balaban J connectivity index is 2.57. The number of hydrogen-bond donors (Lipinski definition) is 1. The number of rotatable bonds is 5. The van der Waals surface area contributed by atoms with Gasteiger partial charge >= 0.3 is 0 Å². The van der Waals surface area contributed by atoms with Crippen LogP contribution in [0.3, 0.4) is 0 Å². The summed E-state index contributed by atoms with van der Waals surface area (Å²) in [5.41, 5.74) is 2.32. The first-order valence-corrected chi connectivity index (χ1v) is 7.03. The van der Waals surface area contributed by atoms with Crippen LogP contribution in [-0.2, 0) is 0 Å². The molecule has 1 unspecified atom stereocenters. The van der Waals surface area contributed by atoms with E-state index < -0.39 is 0 Å². The van der Waals surface area contributed by atoms with Crippen LogP contribution in [0.2, 0.25) is 0 Å². The van der Waals surface area contributed by atoms with Crippen LogP contribution in [0.5, 0.6) is 11.5 Å². The lowest BCUT2D eigenvalue weighted by atomic mass is 10.0. The summed E-state index contributed by atoms with van der Waals surface area (Å²) in [6, 6.07) is 8.07. The van der Waals surface area contributed by atoms with Crippen LogP contribution in [0.1, 0.15) is 22.0 Å². The number of benzene rings is 1. The van der Waals surface area contributed by atoms with Gasteiger partial charge in [0, 0.05) is 4.88 Å². The fourth-order valence-corrected chi connectivity index (χ4v) is 3.30. The van der Waals surface area contributed by atoms with E-state index in [0.717, 1.165) is 17.1 Å². The molecule has 0 bridgehead atoms. The van der Waals surface area contributed by atoms with Crippen molar-refractivity contribution >= 4 is 11.3 Å². The maximum atomic E-state index is 5.49. The second-order valence-corrected chi connectivity index (χ2v) is 5.21. The standard InChI is InChI=1S/C15H19NO2S/c1-10-8-9-19-15(10)14(16-2)13-11(17-3)6-5-7-12(13)18-4/h5-9,14,16H,1-4H3. The Labute approximate surface area is 118 Å². The van der Waals surface area contributed by atoms with Crippen molar-refractivity contribution in [2.24, 2.45) is 0 Å². The Bertz CT molecular complexity index is 529. The molecule has 1 heterocycles. The predicted molar refractivity (Wildman–Crippen MR) is 79.5 cm³/mol. The summed E-state index contributed by atoms with van der Waals surface area (Å²) >= 11 is 1.74. The Morgan fingerprint density at radius 3 is 2.16 bits per heavy atom. The zero-order chi connectivity index (χ0) is 13.8. The molecule has 4 heteroatoms. The molecule has 2 aromatic rings. The molecule has 0 amide bonds. The Morgan fingerprint density at radius 2 is 1.74 bits per heavy atom. The summed E-state index contributed by atoms with van der Waals surface area (Å²) in [7, 11) is 5.33. The third-order valence-corrected chi connectivity index (χ3v) is 4.29. The van der Waals surface area contributed by atoms with Crippen LogP contribution >= 0.6 is 11.3 Å². The van der Waals surface area contributed by atoms with Gasteiger partial charge in [0.05, 0.1) is 25.8 Å². The molecule has 0 spiro atoms. The first kappa shape index (κ1) is 13.9. The topological polar surface area (TPSA) is 30.5 Å². The first-order valence-electron chi connectivity index (χ1n) is 6.15. The van der Waals surface area contributed by atoms with Gasteiger partial charge in [-0.1, -0.05) is 6.07 Å². The third-order valence-electron chi connectivity index (χ3n) is 3.21. The van der Waals surface area contributed by atoms with Gasteiger partial charge < -0.3 is 14.8 Å². The number of nitrogens with one attached hydrogen (secondary N) is 1. The number of methoxy groups -OCH3 is 2. The fourth-order valence-electron chi connectivity index (χ4n) is 2.25. The van der Waals surface area contributed by atoms with Crippen molar-refractivity contribution in [1.82, 2.24) is 5.32 Å². The smallest absolute Gasteiger partial charge is 0.127 e. The van der Waals surface area contributed by atoms with E-state index in [1.807, 2.05) is 25.2 Å². The molecule has 0 aliphatic heterocycles. The molecular weight excluding hydrogens is 258 g/mol. The third kappa shape index (κ3) is 2.60. The minimum absolute atomic E-state index is 0.0751. The number of aryl methyl sites for hydroxylation is 1. The summed E-state index contributed by atoms with van der Waals surface area (Å²) in [6.45, 7) is 2.12. The molecule has 0 aliphatic rings. The Kier molecular flexibility index (Phi) is 4.45. The second kappa shape index (κ2) is 6.08. The molecule has 0 radical (unpaired) electrons. The van der Waals surface area contributed by atoms with E-state index in [9.17, 15) is 0 Å². The van der Waals surface area contributed by atoms with E-state index in [0.29, 0.717) is 0 Å². The van der Waals surface area contributed by atoms with E-state index in [1.165, 1.54) is 10.4 Å². The lowest BCUT2D eigenvalue weighted by molar-refractivity contribution is 0.379. The highest BCUT2D eigenvalue weighted by atomic mass is 32.1. The molecule has 1 atom stereocenters. The van der Waals surface area contributed by atoms with E-state index in [-0.39, 0.29) is 6.04 Å². The summed E-state index contributed by atoms with van der Waals surface area (Å²) < 4.78 is 11.0. The van der Waals surface area contributed by atoms with E-state index in [1.54, 1.807) is 25.6 Å². The minimum Gasteiger partial charge on any atom is -0.496 e. The molecule has 1 aromatic carbocycles. The van der Waals surface area contributed by atoms with Gasteiger partial charge in [-0.25, -0.2) is 0 Å². The maximum absolute atomic E-state index is 5.49. The highest BCUT2D eigenvalue weighted by molar-refractivity contribution is 7.10. The van der Waals surface area contributed by atoms with Gasteiger partial charge in [-0.15, -0.1) is 11.3 Å². The van der Waals surface area contributed by atoms with Gasteiger partial charge in [-0.05, 0) is 43.1 Å². The quantitative estimate of drug-likeness (QED) is 0.909. The molecular formula is C15H19NO2S. The van der Waals surface area contributed by atoms with Gasteiger partial charge in [0.25, 0.3) is 0 Å². The Hall–Kier alpha value is -1.52. The second-order valence-electron chi connectivity index (χ2n) is 4.27. The molecule has 0 saturated heterocycles.